The summed E-state index contributed by atoms with van der Waals surface area (Å²) in [6, 6.07) is 16.9. The molecule has 0 aliphatic carbocycles. The van der Waals surface area contributed by atoms with Crippen molar-refractivity contribution < 1.29 is 38.2 Å². The second-order valence-corrected chi connectivity index (χ2v) is 13.1. The third kappa shape index (κ3) is 7.15. The van der Waals surface area contributed by atoms with E-state index in [2.05, 4.69) is 5.32 Å². The maximum atomic E-state index is 14.3. The summed E-state index contributed by atoms with van der Waals surface area (Å²) in [7, 11) is 2.53. The molecule has 0 saturated carbocycles. The summed E-state index contributed by atoms with van der Waals surface area (Å²) >= 11 is 2.75. The number of allylic oxidation sites excluding steroid dienone is 4. The number of hydroxylamine groups is 2. The van der Waals surface area contributed by atoms with Crippen molar-refractivity contribution in [3.63, 3.8) is 0 Å². The van der Waals surface area contributed by atoms with Crippen molar-refractivity contribution in [1.82, 2.24) is 10.4 Å². The molecule has 3 aromatic rings. The Morgan fingerprint density at radius 3 is 1.73 bits per heavy atom. The number of carbonyl (C=O) groups excluding carboxylic acids is 4. The fourth-order valence-electron chi connectivity index (χ4n) is 6.02. The lowest BCUT2D eigenvalue weighted by Gasteiger charge is -2.36. The molecule has 2 unspecified atom stereocenters. The molecule has 2 aliphatic rings. The Labute approximate surface area is 292 Å². The number of esters is 3. The molecule has 1 N–H and O–H groups in total. The van der Waals surface area contributed by atoms with Crippen LogP contribution in [0.1, 0.15) is 54.8 Å². The van der Waals surface area contributed by atoms with Gasteiger partial charge in [0.1, 0.15) is 6.61 Å². The molecule has 2 atom stereocenters. The summed E-state index contributed by atoms with van der Waals surface area (Å²) in [5, 5.41) is 7.99. The highest BCUT2D eigenvalue weighted by Crippen LogP contribution is 2.46. The lowest BCUT2D eigenvalue weighted by molar-refractivity contribution is -0.171. The van der Waals surface area contributed by atoms with Crippen LogP contribution >= 0.6 is 22.7 Å². The number of ether oxygens (including phenoxy) is 3. The van der Waals surface area contributed by atoms with Gasteiger partial charge in [0.2, 0.25) is 0 Å². The first-order chi connectivity index (χ1) is 23.6. The smallest absolute Gasteiger partial charge is 0.362 e. The number of dihydropyridines is 1. The Bertz CT molecular complexity index is 1900. The van der Waals surface area contributed by atoms with Crippen molar-refractivity contribution in [1.29, 1.82) is 0 Å². The topological polar surface area (TPSA) is 120 Å². The van der Waals surface area contributed by atoms with E-state index in [0.29, 0.717) is 16.3 Å². The zero-order chi connectivity index (χ0) is 35.2. The zero-order valence-electron chi connectivity index (χ0n) is 27.9. The van der Waals surface area contributed by atoms with Crippen LogP contribution in [0.3, 0.4) is 0 Å². The Balaban J connectivity index is 1.56. The van der Waals surface area contributed by atoms with Gasteiger partial charge in [0.05, 0.1) is 59.7 Å². The number of nitrogens with one attached hydrogen (secondary N) is 1. The van der Waals surface area contributed by atoms with Crippen LogP contribution in [0.15, 0.2) is 117 Å². The molecule has 10 nitrogen and oxygen atoms in total. The maximum absolute atomic E-state index is 14.3. The third-order valence-electron chi connectivity index (χ3n) is 8.23. The number of nitrogens with zero attached hydrogens (tertiary/aromatic N) is 1. The van der Waals surface area contributed by atoms with Gasteiger partial charge in [0, 0.05) is 21.1 Å². The van der Waals surface area contributed by atoms with Gasteiger partial charge in [-0.05, 0) is 62.2 Å². The van der Waals surface area contributed by atoms with Gasteiger partial charge in [-0.25, -0.2) is 19.2 Å². The van der Waals surface area contributed by atoms with Gasteiger partial charge in [-0.15, -0.1) is 22.7 Å². The van der Waals surface area contributed by atoms with Crippen LogP contribution in [-0.2, 0) is 38.2 Å². The minimum Gasteiger partial charge on any atom is -0.466 e. The molecule has 0 radical (unpaired) electrons. The lowest BCUT2D eigenvalue weighted by Crippen LogP contribution is -2.38. The molecule has 0 saturated heterocycles. The highest BCUT2D eigenvalue weighted by molar-refractivity contribution is 7.10. The molecular formula is C37H36N2O8S2. The SMILES string of the molecule is COC(=O)C1=C(C)NC(C)=C(C(=O)ON2C(C)=C(C(=O)OC)C(c3cccs3)C(C(=O)OC/C=C/c3ccccc3)=C2C)C1c1cccs1. The second kappa shape index (κ2) is 15.3. The molecule has 0 bridgehead atoms. The van der Waals surface area contributed by atoms with Crippen molar-refractivity contribution in [2.75, 3.05) is 20.8 Å². The molecule has 0 fully saturated rings. The predicted octanol–water partition coefficient (Wildman–Crippen LogP) is 6.75. The van der Waals surface area contributed by atoms with Crippen molar-refractivity contribution in [2.24, 2.45) is 0 Å². The average Bonchev–Trinajstić information content (AvgIpc) is 3.83. The van der Waals surface area contributed by atoms with E-state index in [1.165, 1.54) is 42.0 Å². The van der Waals surface area contributed by atoms with Gasteiger partial charge in [-0.3, -0.25) is 0 Å². The molecule has 254 valence electrons. The zero-order valence-corrected chi connectivity index (χ0v) is 29.5. The molecular weight excluding hydrogens is 665 g/mol. The number of benzene rings is 1. The van der Waals surface area contributed by atoms with E-state index in [4.69, 9.17) is 19.0 Å². The van der Waals surface area contributed by atoms with Crippen molar-refractivity contribution in [2.45, 2.75) is 39.5 Å². The number of hydrogen-bond acceptors (Lipinski definition) is 12. The highest BCUT2D eigenvalue weighted by atomic mass is 32.1. The average molecular weight is 701 g/mol. The van der Waals surface area contributed by atoms with E-state index in [1.54, 1.807) is 33.8 Å². The third-order valence-corrected chi connectivity index (χ3v) is 10.1. The number of thiophene rings is 2. The van der Waals surface area contributed by atoms with E-state index >= 15 is 0 Å². The van der Waals surface area contributed by atoms with Crippen LogP contribution in [0.4, 0.5) is 0 Å². The van der Waals surface area contributed by atoms with Crippen LogP contribution in [0.25, 0.3) is 6.08 Å². The van der Waals surface area contributed by atoms with Crippen LogP contribution < -0.4 is 5.32 Å². The number of carbonyl (C=O) groups is 4. The van der Waals surface area contributed by atoms with Gasteiger partial charge in [-0.2, -0.15) is 5.06 Å². The quantitative estimate of drug-likeness (QED) is 0.180. The molecule has 12 heteroatoms. The first-order valence-corrected chi connectivity index (χ1v) is 17.1. The van der Waals surface area contributed by atoms with Crippen molar-refractivity contribution >= 4 is 52.6 Å². The van der Waals surface area contributed by atoms with E-state index in [9.17, 15) is 19.2 Å². The maximum Gasteiger partial charge on any atom is 0.362 e. The Morgan fingerprint density at radius 1 is 0.694 bits per heavy atom. The molecule has 49 heavy (non-hydrogen) atoms. The molecule has 4 heterocycles. The molecule has 2 aliphatic heterocycles. The van der Waals surface area contributed by atoms with Gasteiger partial charge in [-0.1, -0.05) is 48.5 Å². The minimum absolute atomic E-state index is 0.0417. The Kier molecular flexibility index (Phi) is 11.0. The van der Waals surface area contributed by atoms with Crippen LogP contribution in [-0.4, -0.2) is 49.8 Å². The number of rotatable bonds is 10. The van der Waals surface area contributed by atoms with Crippen LogP contribution in [0, 0.1) is 0 Å². The van der Waals surface area contributed by atoms with Crippen molar-refractivity contribution in [3.8, 4) is 0 Å². The summed E-state index contributed by atoms with van der Waals surface area (Å²) in [4.78, 5) is 62.2. The minimum atomic E-state index is -0.847. The highest BCUT2D eigenvalue weighted by Gasteiger charge is 2.44. The Morgan fingerprint density at radius 2 is 1.20 bits per heavy atom. The van der Waals surface area contributed by atoms with E-state index < -0.39 is 35.7 Å². The number of methoxy groups -OCH3 is 2. The first kappa shape index (κ1) is 35.1. The Hall–Kier alpha value is -5.20. The summed E-state index contributed by atoms with van der Waals surface area (Å²) in [5.74, 6) is -4.42. The summed E-state index contributed by atoms with van der Waals surface area (Å²) in [5.41, 5.74) is 3.13. The fraction of sp³-hybridized carbons (Fsp3) is 0.243. The predicted molar refractivity (Wildman–Crippen MR) is 186 cm³/mol. The summed E-state index contributed by atoms with van der Waals surface area (Å²) in [6.07, 6.45) is 3.55. The van der Waals surface area contributed by atoms with Crippen LogP contribution in [0.2, 0.25) is 0 Å². The standard InChI is InChI=1S/C37H36N2O8S2/c1-21-28(34(40)44-5)32(26-16-11-19-48-26)29(22(2)38-21)37(43)47-39-23(3)30(35(41)45-6)33(27-17-12-20-49-27)31(24(39)4)36(42)46-18-10-15-25-13-8-7-9-14-25/h7-17,19-20,32-33,38H,18H2,1-6H3/b15-10+. The summed E-state index contributed by atoms with van der Waals surface area (Å²) < 4.78 is 16.0. The molecule has 5 rings (SSSR count). The molecule has 1 aromatic carbocycles. The monoisotopic (exact) mass is 700 g/mol. The second-order valence-electron chi connectivity index (χ2n) is 11.2. The first-order valence-electron chi connectivity index (χ1n) is 15.3. The van der Waals surface area contributed by atoms with Gasteiger partial charge in [0.15, 0.2) is 0 Å². The normalized spacial score (nSPS) is 18.1. The van der Waals surface area contributed by atoms with Gasteiger partial charge < -0.3 is 24.4 Å². The summed E-state index contributed by atoms with van der Waals surface area (Å²) in [6.45, 7) is 6.66. The van der Waals surface area contributed by atoms with E-state index in [-0.39, 0.29) is 40.3 Å². The molecule has 0 spiro atoms. The molecule has 0 amide bonds. The molecule has 2 aromatic heterocycles. The van der Waals surface area contributed by atoms with Gasteiger partial charge in [0.25, 0.3) is 0 Å². The van der Waals surface area contributed by atoms with Crippen molar-refractivity contribution in [3.05, 3.63) is 132 Å². The fourth-order valence-corrected chi connectivity index (χ4v) is 7.70. The van der Waals surface area contributed by atoms with Crippen LogP contribution in [0.5, 0.6) is 0 Å². The van der Waals surface area contributed by atoms with E-state index in [0.717, 1.165) is 10.4 Å². The van der Waals surface area contributed by atoms with E-state index in [1.807, 2.05) is 71.4 Å². The number of hydrogen-bond donors (Lipinski definition) is 1. The largest absolute Gasteiger partial charge is 0.466 e. The lowest BCUT2D eigenvalue weighted by atomic mass is 9.84. The van der Waals surface area contributed by atoms with Gasteiger partial charge >= 0.3 is 23.9 Å².